The Morgan fingerprint density at radius 3 is 2.93 bits per heavy atom. The molecule has 0 bridgehead atoms. The number of aromatic amines is 1. The number of carbonyl (C=O) groups excluding carboxylic acids is 1. The molecule has 7 nitrogen and oxygen atoms in total. The minimum absolute atomic E-state index is 0.00438. The predicted octanol–water partition coefficient (Wildman–Crippen LogP) is 3.41. The molecule has 1 aliphatic heterocycles. The summed E-state index contributed by atoms with van der Waals surface area (Å²) in [5.41, 5.74) is 3.83. The summed E-state index contributed by atoms with van der Waals surface area (Å²) in [4.78, 5) is 18.8. The van der Waals surface area contributed by atoms with E-state index in [0.29, 0.717) is 6.42 Å². The van der Waals surface area contributed by atoms with Crippen LogP contribution in [0.25, 0.3) is 21.8 Å². The van der Waals surface area contributed by atoms with Crippen LogP contribution in [0.4, 0.5) is 5.82 Å². The number of rotatable bonds is 3. The van der Waals surface area contributed by atoms with Crippen LogP contribution in [0.3, 0.4) is 0 Å². The van der Waals surface area contributed by atoms with Crippen LogP contribution in [0.1, 0.15) is 22.8 Å². The summed E-state index contributed by atoms with van der Waals surface area (Å²) in [5, 5.41) is 14.7. The third-order valence-corrected chi connectivity index (χ3v) is 5.98. The van der Waals surface area contributed by atoms with Crippen molar-refractivity contribution in [3.63, 3.8) is 0 Å². The predicted molar refractivity (Wildman–Crippen MR) is 103 cm³/mol. The standard InChI is InChI=1S/C19H16N6OS/c1-25-19-17(18(24-25)11-3-2-7-20-10-11)12(9-16(26)22-19)14-4-5-15(27-14)13-6-8-21-23-13/h2-8,10,12H,9H2,1H3,(H,21,23)(H,22,26). The number of nitrogens with zero attached hydrogens (tertiary/aromatic N) is 4. The molecule has 27 heavy (non-hydrogen) atoms. The van der Waals surface area contributed by atoms with Crippen LogP contribution in [-0.2, 0) is 11.8 Å². The number of hydrogen-bond donors (Lipinski definition) is 2. The molecule has 1 aliphatic rings. The zero-order valence-corrected chi connectivity index (χ0v) is 15.3. The lowest BCUT2D eigenvalue weighted by Gasteiger charge is -2.23. The molecule has 0 fully saturated rings. The molecular formula is C19H16N6OS. The fourth-order valence-corrected chi connectivity index (χ4v) is 4.62. The number of aryl methyl sites for hydroxylation is 1. The summed E-state index contributed by atoms with van der Waals surface area (Å²) < 4.78 is 1.74. The molecule has 1 amide bonds. The Hall–Kier alpha value is -3.26. The van der Waals surface area contributed by atoms with Gasteiger partial charge in [-0.1, -0.05) is 0 Å². The Morgan fingerprint density at radius 1 is 1.22 bits per heavy atom. The highest BCUT2D eigenvalue weighted by molar-refractivity contribution is 7.15. The fraction of sp³-hybridized carbons (Fsp3) is 0.158. The molecule has 4 aromatic rings. The van der Waals surface area contributed by atoms with Gasteiger partial charge in [0.05, 0.1) is 16.3 Å². The van der Waals surface area contributed by atoms with Crippen molar-refractivity contribution in [3.8, 4) is 21.8 Å². The van der Waals surface area contributed by atoms with E-state index < -0.39 is 0 Å². The number of pyridine rings is 1. The zero-order valence-electron chi connectivity index (χ0n) is 14.5. The van der Waals surface area contributed by atoms with Crippen molar-refractivity contribution in [2.24, 2.45) is 7.05 Å². The number of aromatic nitrogens is 5. The number of carbonyl (C=O) groups is 1. The van der Waals surface area contributed by atoms with Gasteiger partial charge >= 0.3 is 0 Å². The third-order valence-electron chi connectivity index (χ3n) is 4.75. The first-order chi connectivity index (χ1) is 13.2. The van der Waals surface area contributed by atoms with Crippen LogP contribution in [0, 0.1) is 0 Å². The minimum Gasteiger partial charge on any atom is -0.311 e. The smallest absolute Gasteiger partial charge is 0.226 e. The molecule has 0 radical (unpaired) electrons. The van der Waals surface area contributed by atoms with E-state index in [0.717, 1.165) is 38.1 Å². The van der Waals surface area contributed by atoms with E-state index >= 15 is 0 Å². The molecule has 0 aliphatic carbocycles. The topological polar surface area (TPSA) is 88.5 Å². The highest BCUT2D eigenvalue weighted by Crippen LogP contribution is 2.45. The number of hydrogen-bond acceptors (Lipinski definition) is 5. The average Bonchev–Trinajstić information content (AvgIpc) is 3.42. The number of amides is 1. The van der Waals surface area contributed by atoms with E-state index in [1.54, 1.807) is 34.6 Å². The summed E-state index contributed by atoms with van der Waals surface area (Å²) in [6.07, 6.45) is 5.69. The quantitative estimate of drug-likeness (QED) is 0.573. The van der Waals surface area contributed by atoms with Crippen LogP contribution in [-0.4, -0.2) is 30.9 Å². The molecular weight excluding hydrogens is 360 g/mol. The Bertz CT molecular complexity index is 1110. The van der Waals surface area contributed by atoms with Gasteiger partial charge in [0.1, 0.15) is 5.82 Å². The largest absolute Gasteiger partial charge is 0.311 e. The van der Waals surface area contributed by atoms with Crippen molar-refractivity contribution in [1.29, 1.82) is 0 Å². The van der Waals surface area contributed by atoms with Gasteiger partial charge in [0.25, 0.3) is 0 Å². The minimum atomic E-state index is -0.0423. The Morgan fingerprint density at radius 2 is 2.15 bits per heavy atom. The zero-order chi connectivity index (χ0) is 18.4. The van der Waals surface area contributed by atoms with E-state index in [1.165, 1.54) is 0 Å². The van der Waals surface area contributed by atoms with Gasteiger partial charge < -0.3 is 5.32 Å². The number of thiophene rings is 1. The molecule has 5 heterocycles. The highest BCUT2D eigenvalue weighted by Gasteiger charge is 2.34. The average molecular weight is 376 g/mol. The maximum absolute atomic E-state index is 12.4. The van der Waals surface area contributed by atoms with Crippen molar-refractivity contribution < 1.29 is 4.79 Å². The molecule has 134 valence electrons. The van der Waals surface area contributed by atoms with E-state index in [1.807, 2.05) is 25.2 Å². The second kappa shape index (κ2) is 6.17. The molecule has 1 unspecified atom stereocenters. The molecule has 0 spiro atoms. The summed E-state index contributed by atoms with van der Waals surface area (Å²) in [6.45, 7) is 0. The molecule has 4 aromatic heterocycles. The van der Waals surface area contributed by atoms with Crippen molar-refractivity contribution >= 4 is 23.1 Å². The summed E-state index contributed by atoms with van der Waals surface area (Å²) in [7, 11) is 1.85. The van der Waals surface area contributed by atoms with Gasteiger partial charge in [0.2, 0.25) is 5.91 Å². The van der Waals surface area contributed by atoms with Crippen molar-refractivity contribution in [3.05, 3.63) is 59.4 Å². The summed E-state index contributed by atoms with van der Waals surface area (Å²) >= 11 is 1.67. The lowest BCUT2D eigenvalue weighted by atomic mass is 9.89. The monoisotopic (exact) mass is 376 g/mol. The van der Waals surface area contributed by atoms with Crippen molar-refractivity contribution in [2.75, 3.05) is 5.32 Å². The second-order valence-electron chi connectivity index (χ2n) is 6.45. The first kappa shape index (κ1) is 16.0. The molecule has 0 saturated carbocycles. The first-order valence-corrected chi connectivity index (χ1v) is 9.39. The highest BCUT2D eigenvalue weighted by atomic mass is 32.1. The number of H-pyrrole nitrogens is 1. The van der Waals surface area contributed by atoms with Gasteiger partial charge in [-0.05, 0) is 30.3 Å². The van der Waals surface area contributed by atoms with Gasteiger partial charge in [-0.3, -0.25) is 19.6 Å². The van der Waals surface area contributed by atoms with E-state index in [9.17, 15) is 4.79 Å². The second-order valence-corrected chi connectivity index (χ2v) is 7.57. The Labute approximate surface area is 159 Å². The van der Waals surface area contributed by atoms with Crippen LogP contribution < -0.4 is 5.32 Å². The number of fused-ring (bicyclic) bond motifs is 1. The summed E-state index contributed by atoms with van der Waals surface area (Å²) in [5.74, 6) is 0.718. The van der Waals surface area contributed by atoms with Crippen LogP contribution >= 0.6 is 11.3 Å². The number of nitrogens with one attached hydrogen (secondary N) is 2. The van der Waals surface area contributed by atoms with E-state index in [4.69, 9.17) is 0 Å². The molecule has 8 heteroatoms. The fourth-order valence-electron chi connectivity index (χ4n) is 3.53. The van der Waals surface area contributed by atoms with Gasteiger partial charge in [-0.15, -0.1) is 11.3 Å². The van der Waals surface area contributed by atoms with Crippen LogP contribution in [0.5, 0.6) is 0 Å². The number of anilines is 1. The third kappa shape index (κ3) is 2.65. The molecule has 1 atom stereocenters. The van der Waals surface area contributed by atoms with Gasteiger partial charge in [0, 0.05) is 54.0 Å². The first-order valence-electron chi connectivity index (χ1n) is 8.57. The van der Waals surface area contributed by atoms with Crippen LogP contribution in [0.15, 0.2) is 48.9 Å². The Kier molecular flexibility index (Phi) is 3.64. The van der Waals surface area contributed by atoms with E-state index in [2.05, 4.69) is 37.7 Å². The molecule has 5 rings (SSSR count). The maximum atomic E-state index is 12.4. The molecule has 0 aromatic carbocycles. The SMILES string of the molecule is Cn1nc(-c2cccnc2)c2c1NC(=O)CC2c1ccc(-c2ccn[nH]2)s1. The van der Waals surface area contributed by atoms with Gasteiger partial charge in [-0.2, -0.15) is 10.2 Å². The van der Waals surface area contributed by atoms with Crippen molar-refractivity contribution in [2.45, 2.75) is 12.3 Å². The van der Waals surface area contributed by atoms with E-state index in [-0.39, 0.29) is 11.8 Å². The molecule has 2 N–H and O–H groups in total. The lowest BCUT2D eigenvalue weighted by molar-refractivity contribution is -0.116. The van der Waals surface area contributed by atoms with Crippen LogP contribution in [0.2, 0.25) is 0 Å². The summed E-state index contributed by atoms with van der Waals surface area (Å²) in [6, 6.07) is 10.00. The molecule has 0 saturated heterocycles. The maximum Gasteiger partial charge on any atom is 0.226 e. The van der Waals surface area contributed by atoms with Gasteiger partial charge in [-0.25, -0.2) is 0 Å². The van der Waals surface area contributed by atoms with Crippen molar-refractivity contribution in [1.82, 2.24) is 25.0 Å². The van der Waals surface area contributed by atoms with Gasteiger partial charge in [0.15, 0.2) is 0 Å². The Balaban J connectivity index is 1.65. The normalized spacial score (nSPS) is 16.2. The lowest BCUT2D eigenvalue weighted by Crippen LogP contribution is -2.24.